The molecule has 4 heteroatoms. The lowest BCUT2D eigenvalue weighted by Crippen LogP contribution is -2.04. The van der Waals surface area contributed by atoms with Gasteiger partial charge in [-0.05, 0) is 31.5 Å². The lowest BCUT2D eigenvalue weighted by Gasteiger charge is -2.09. The smallest absolute Gasteiger partial charge is 0.387 e. The summed E-state index contributed by atoms with van der Waals surface area (Å²) in [6.45, 7) is 0.0905. The van der Waals surface area contributed by atoms with E-state index in [9.17, 15) is 13.2 Å². The van der Waals surface area contributed by atoms with Crippen molar-refractivity contribution >= 4 is 0 Å². The van der Waals surface area contributed by atoms with Crippen molar-refractivity contribution < 1.29 is 17.9 Å². The molecule has 0 atom stereocenters. The first-order chi connectivity index (χ1) is 6.00. The maximum absolute atomic E-state index is 13.0. The fourth-order valence-corrected chi connectivity index (χ4v) is 1.00. The number of rotatable bonds is 2. The van der Waals surface area contributed by atoms with Gasteiger partial charge in [-0.3, -0.25) is 0 Å². The second-order valence-corrected chi connectivity index (χ2v) is 2.75. The Morgan fingerprint density at radius 2 is 1.85 bits per heavy atom. The summed E-state index contributed by atoms with van der Waals surface area (Å²) in [6.07, 6.45) is 0. The molecule has 0 aliphatic heterocycles. The van der Waals surface area contributed by atoms with Gasteiger partial charge >= 0.3 is 6.61 Å². The number of hydrogen-bond acceptors (Lipinski definition) is 1. The number of aryl methyl sites for hydroxylation is 1. The van der Waals surface area contributed by atoms with Crippen molar-refractivity contribution in [3.05, 3.63) is 29.1 Å². The van der Waals surface area contributed by atoms with Crippen molar-refractivity contribution in [3.8, 4) is 5.75 Å². The average molecular weight is 190 g/mol. The Labute approximate surface area is 74.1 Å². The minimum atomic E-state index is -2.92. The van der Waals surface area contributed by atoms with Crippen LogP contribution in [0.3, 0.4) is 0 Å². The van der Waals surface area contributed by atoms with Crippen LogP contribution in [-0.2, 0) is 0 Å². The molecule has 0 N–H and O–H groups in total. The van der Waals surface area contributed by atoms with Gasteiger partial charge in [-0.2, -0.15) is 8.78 Å². The van der Waals surface area contributed by atoms with Gasteiger partial charge in [0.25, 0.3) is 0 Å². The van der Waals surface area contributed by atoms with Crippen molar-refractivity contribution in [1.82, 2.24) is 0 Å². The minimum Gasteiger partial charge on any atom is -0.434 e. The second kappa shape index (κ2) is 3.68. The van der Waals surface area contributed by atoms with Crippen LogP contribution in [-0.4, -0.2) is 6.61 Å². The molecule has 0 unspecified atom stereocenters. The highest BCUT2D eigenvalue weighted by Crippen LogP contribution is 2.24. The molecule has 72 valence electrons. The quantitative estimate of drug-likeness (QED) is 0.696. The molecule has 0 spiro atoms. The number of halogens is 3. The molecule has 0 fully saturated rings. The maximum Gasteiger partial charge on any atom is 0.387 e. The van der Waals surface area contributed by atoms with Gasteiger partial charge in [0.1, 0.15) is 11.6 Å². The lowest BCUT2D eigenvalue weighted by molar-refractivity contribution is -0.0504. The molecular formula is C9H9F3O. The van der Waals surface area contributed by atoms with E-state index >= 15 is 0 Å². The monoisotopic (exact) mass is 190 g/mol. The van der Waals surface area contributed by atoms with Crippen LogP contribution in [0.5, 0.6) is 5.75 Å². The molecule has 0 heterocycles. The number of alkyl halides is 2. The van der Waals surface area contributed by atoms with Gasteiger partial charge in [-0.25, -0.2) is 4.39 Å². The largest absolute Gasteiger partial charge is 0.434 e. The number of ether oxygens (including phenoxy) is 1. The zero-order valence-corrected chi connectivity index (χ0v) is 7.27. The predicted molar refractivity (Wildman–Crippen MR) is 42.5 cm³/mol. The van der Waals surface area contributed by atoms with Gasteiger partial charge in [0, 0.05) is 5.56 Å². The lowest BCUT2D eigenvalue weighted by atomic mass is 10.1. The van der Waals surface area contributed by atoms with Gasteiger partial charge in [0.15, 0.2) is 0 Å². The summed E-state index contributed by atoms with van der Waals surface area (Å²) in [5.41, 5.74) is 0.657. The van der Waals surface area contributed by atoms with Crippen molar-refractivity contribution in [2.45, 2.75) is 20.5 Å². The standard InChI is InChI=1S/C9H9F3O/c1-5-3-7(10)6(2)8(4-5)13-9(11)12/h3-4,9H,1-2H3. The third-order valence-corrected chi connectivity index (χ3v) is 1.66. The molecule has 0 amide bonds. The van der Waals surface area contributed by atoms with Crippen LogP contribution in [0.2, 0.25) is 0 Å². The third kappa shape index (κ3) is 2.37. The fraction of sp³-hybridized carbons (Fsp3) is 0.333. The number of hydrogen-bond donors (Lipinski definition) is 0. The van der Waals surface area contributed by atoms with Gasteiger partial charge in [0.2, 0.25) is 0 Å². The van der Waals surface area contributed by atoms with E-state index in [1.54, 1.807) is 6.92 Å². The molecular weight excluding hydrogens is 181 g/mol. The topological polar surface area (TPSA) is 9.23 Å². The van der Waals surface area contributed by atoms with Crippen LogP contribution >= 0.6 is 0 Å². The number of benzene rings is 1. The van der Waals surface area contributed by atoms with E-state index < -0.39 is 12.4 Å². The summed E-state index contributed by atoms with van der Waals surface area (Å²) >= 11 is 0. The van der Waals surface area contributed by atoms with E-state index in [1.807, 2.05) is 0 Å². The Morgan fingerprint density at radius 3 is 2.38 bits per heavy atom. The molecule has 1 rings (SSSR count). The first kappa shape index (κ1) is 9.89. The molecule has 0 aliphatic rings. The molecule has 13 heavy (non-hydrogen) atoms. The average Bonchev–Trinajstić information content (AvgIpc) is 1.98. The molecule has 1 aromatic rings. The van der Waals surface area contributed by atoms with Crippen LogP contribution in [0, 0.1) is 19.7 Å². The molecule has 0 radical (unpaired) electrons. The Hall–Kier alpha value is -1.19. The second-order valence-electron chi connectivity index (χ2n) is 2.75. The third-order valence-electron chi connectivity index (χ3n) is 1.66. The maximum atomic E-state index is 13.0. The zero-order chi connectivity index (χ0) is 10.0. The van der Waals surface area contributed by atoms with E-state index in [0.717, 1.165) is 0 Å². The van der Waals surface area contributed by atoms with Crippen LogP contribution in [0.4, 0.5) is 13.2 Å². The minimum absolute atomic E-state index is 0.103. The molecule has 0 aromatic heterocycles. The van der Waals surface area contributed by atoms with E-state index in [-0.39, 0.29) is 11.3 Å². The SMILES string of the molecule is Cc1cc(F)c(C)c(OC(F)F)c1. The van der Waals surface area contributed by atoms with Gasteiger partial charge in [-0.15, -0.1) is 0 Å². The normalized spacial score (nSPS) is 10.6. The summed E-state index contributed by atoms with van der Waals surface area (Å²) in [5, 5.41) is 0. The highest BCUT2D eigenvalue weighted by molar-refractivity contribution is 5.37. The molecule has 0 aliphatic carbocycles. The van der Waals surface area contributed by atoms with E-state index in [0.29, 0.717) is 5.56 Å². The van der Waals surface area contributed by atoms with Gasteiger partial charge in [-0.1, -0.05) is 0 Å². The summed E-state index contributed by atoms with van der Waals surface area (Å²) in [6, 6.07) is 2.65. The van der Waals surface area contributed by atoms with Crippen molar-refractivity contribution in [3.63, 3.8) is 0 Å². The first-order valence-electron chi connectivity index (χ1n) is 3.72. The zero-order valence-electron chi connectivity index (χ0n) is 7.27. The van der Waals surface area contributed by atoms with Crippen molar-refractivity contribution in [2.24, 2.45) is 0 Å². The van der Waals surface area contributed by atoms with Gasteiger partial charge < -0.3 is 4.74 Å². The molecule has 0 bridgehead atoms. The Morgan fingerprint density at radius 1 is 1.23 bits per heavy atom. The van der Waals surface area contributed by atoms with E-state index in [1.165, 1.54) is 19.1 Å². The Kier molecular flexibility index (Phi) is 2.80. The highest BCUT2D eigenvalue weighted by Gasteiger charge is 2.10. The molecule has 0 saturated carbocycles. The molecule has 1 nitrogen and oxygen atoms in total. The summed E-state index contributed by atoms with van der Waals surface area (Å²) in [7, 11) is 0. The highest BCUT2D eigenvalue weighted by atomic mass is 19.3. The molecule has 0 saturated heterocycles. The van der Waals surface area contributed by atoms with Crippen LogP contribution in [0.1, 0.15) is 11.1 Å². The van der Waals surface area contributed by atoms with Crippen LogP contribution < -0.4 is 4.74 Å². The summed E-state index contributed by atoms with van der Waals surface area (Å²) in [5.74, 6) is -0.636. The Bertz CT molecular complexity index is 310. The van der Waals surface area contributed by atoms with Crippen molar-refractivity contribution in [1.29, 1.82) is 0 Å². The molecule has 1 aromatic carbocycles. The van der Waals surface area contributed by atoms with Gasteiger partial charge in [0.05, 0.1) is 0 Å². The first-order valence-corrected chi connectivity index (χ1v) is 3.72. The Balaban J connectivity index is 3.05. The predicted octanol–water partition coefficient (Wildman–Crippen LogP) is 3.04. The van der Waals surface area contributed by atoms with Crippen molar-refractivity contribution in [2.75, 3.05) is 0 Å². The fourth-order valence-electron chi connectivity index (χ4n) is 1.00. The van der Waals surface area contributed by atoms with Crippen LogP contribution in [0.15, 0.2) is 12.1 Å². The van der Waals surface area contributed by atoms with E-state index in [2.05, 4.69) is 4.74 Å². The van der Waals surface area contributed by atoms with E-state index in [4.69, 9.17) is 0 Å². The summed E-state index contributed by atoms with van der Waals surface area (Å²) < 4.78 is 40.7. The summed E-state index contributed by atoms with van der Waals surface area (Å²) in [4.78, 5) is 0. The van der Waals surface area contributed by atoms with Crippen LogP contribution in [0.25, 0.3) is 0 Å².